The lowest BCUT2D eigenvalue weighted by Crippen LogP contribution is -2.30. The number of nitrogens with two attached hydrogens (primary N) is 1. The molecule has 0 saturated carbocycles. The van der Waals surface area contributed by atoms with Gasteiger partial charge in [-0.3, -0.25) is 0 Å². The second-order valence-electron chi connectivity index (χ2n) is 3.27. The molecule has 0 unspecified atom stereocenters. The van der Waals surface area contributed by atoms with Gasteiger partial charge < -0.3 is 15.8 Å². The Morgan fingerprint density at radius 1 is 1.14 bits per heavy atom. The molecule has 1 aliphatic heterocycles. The number of benzene rings is 1. The molecule has 3 N–H and O–H groups in total. The summed E-state index contributed by atoms with van der Waals surface area (Å²) in [4.78, 5) is 0. The van der Waals surface area contributed by atoms with Crippen LogP contribution in [0.2, 0.25) is 0 Å². The molecule has 1 heterocycles. The van der Waals surface area contributed by atoms with Gasteiger partial charge in [0.2, 0.25) is 0 Å². The van der Waals surface area contributed by atoms with Crippen molar-refractivity contribution in [1.82, 2.24) is 5.32 Å². The highest BCUT2D eigenvalue weighted by Crippen LogP contribution is 2.02. The standard InChI is InChI=1S/C7H9N.C4H9NO/c1-6-2-4-7(8)5-3-6;1-3-6-4-2-5-1/h2-5H,8H2,1H3;5H,1-4H2. The quantitative estimate of drug-likeness (QED) is 0.610. The summed E-state index contributed by atoms with van der Waals surface area (Å²) in [6.45, 7) is 5.87. The van der Waals surface area contributed by atoms with Crippen LogP contribution in [0.4, 0.5) is 5.69 Å². The minimum atomic E-state index is 0.829. The second kappa shape index (κ2) is 6.40. The van der Waals surface area contributed by atoms with Crippen molar-refractivity contribution in [3.63, 3.8) is 0 Å². The molecule has 0 radical (unpaired) electrons. The first-order valence-corrected chi connectivity index (χ1v) is 4.89. The Morgan fingerprint density at radius 2 is 1.71 bits per heavy atom. The number of hydrogen-bond donors (Lipinski definition) is 2. The zero-order valence-electron chi connectivity index (χ0n) is 8.62. The summed E-state index contributed by atoms with van der Waals surface area (Å²) in [5.41, 5.74) is 7.51. The van der Waals surface area contributed by atoms with E-state index in [1.54, 1.807) is 0 Å². The van der Waals surface area contributed by atoms with Gasteiger partial charge in [0, 0.05) is 18.8 Å². The molecule has 0 bridgehead atoms. The van der Waals surface area contributed by atoms with Crippen molar-refractivity contribution in [2.75, 3.05) is 32.0 Å². The summed E-state index contributed by atoms with van der Waals surface area (Å²) in [7, 11) is 0. The predicted octanol–water partition coefficient (Wildman–Crippen LogP) is 1.18. The van der Waals surface area contributed by atoms with Crippen molar-refractivity contribution in [2.24, 2.45) is 0 Å². The molecule has 1 saturated heterocycles. The molecule has 0 spiro atoms. The Hall–Kier alpha value is -1.06. The fraction of sp³-hybridized carbons (Fsp3) is 0.455. The van der Waals surface area contributed by atoms with Crippen LogP contribution in [0.1, 0.15) is 5.56 Å². The molecular weight excluding hydrogens is 176 g/mol. The zero-order chi connectivity index (χ0) is 10.2. The summed E-state index contributed by atoms with van der Waals surface area (Å²) in [5, 5.41) is 3.16. The maximum absolute atomic E-state index is 5.43. The molecule has 0 aromatic heterocycles. The predicted molar refractivity (Wildman–Crippen MR) is 59.3 cm³/mol. The molecule has 14 heavy (non-hydrogen) atoms. The number of hydrogen-bond acceptors (Lipinski definition) is 3. The zero-order valence-corrected chi connectivity index (χ0v) is 8.62. The molecule has 0 atom stereocenters. The van der Waals surface area contributed by atoms with E-state index in [9.17, 15) is 0 Å². The lowest BCUT2D eigenvalue weighted by Gasteiger charge is -2.10. The van der Waals surface area contributed by atoms with E-state index >= 15 is 0 Å². The van der Waals surface area contributed by atoms with E-state index in [2.05, 4.69) is 5.32 Å². The summed E-state index contributed by atoms with van der Waals surface area (Å²) in [6, 6.07) is 7.79. The van der Waals surface area contributed by atoms with Gasteiger partial charge in [-0.05, 0) is 19.1 Å². The van der Waals surface area contributed by atoms with E-state index in [1.165, 1.54) is 5.56 Å². The molecule has 1 aliphatic rings. The first-order chi connectivity index (χ1) is 6.79. The van der Waals surface area contributed by atoms with Gasteiger partial charge in [-0.2, -0.15) is 0 Å². The molecular formula is C11H18N2O. The molecule has 1 aromatic rings. The van der Waals surface area contributed by atoms with Crippen LogP contribution in [-0.2, 0) is 4.74 Å². The monoisotopic (exact) mass is 194 g/mol. The third-order valence-electron chi connectivity index (χ3n) is 1.92. The molecule has 3 nitrogen and oxygen atoms in total. The molecule has 1 fully saturated rings. The largest absolute Gasteiger partial charge is 0.399 e. The highest BCUT2D eigenvalue weighted by atomic mass is 16.5. The molecule has 0 aliphatic carbocycles. The Kier molecular flexibility index (Phi) is 5.04. The van der Waals surface area contributed by atoms with Crippen LogP contribution < -0.4 is 11.1 Å². The summed E-state index contributed by atoms with van der Waals surface area (Å²) in [6.07, 6.45) is 0. The third kappa shape index (κ3) is 4.84. The Bertz CT molecular complexity index is 209. The Balaban J connectivity index is 0.000000146. The van der Waals surface area contributed by atoms with Crippen molar-refractivity contribution >= 4 is 5.69 Å². The Labute approximate surface area is 85.3 Å². The van der Waals surface area contributed by atoms with Crippen molar-refractivity contribution in [1.29, 1.82) is 0 Å². The first kappa shape index (κ1) is 11.0. The fourth-order valence-electron chi connectivity index (χ4n) is 1.08. The van der Waals surface area contributed by atoms with Gasteiger partial charge in [0.15, 0.2) is 0 Å². The number of nitrogens with one attached hydrogen (secondary N) is 1. The van der Waals surface area contributed by atoms with Crippen molar-refractivity contribution in [3.8, 4) is 0 Å². The van der Waals surface area contributed by atoms with Crippen LogP contribution in [-0.4, -0.2) is 26.3 Å². The van der Waals surface area contributed by atoms with Crippen LogP contribution in [0, 0.1) is 6.92 Å². The SMILES string of the molecule is C1COCCN1.Cc1ccc(N)cc1. The molecule has 2 rings (SSSR count). The second-order valence-corrected chi connectivity index (χ2v) is 3.27. The Morgan fingerprint density at radius 3 is 2.00 bits per heavy atom. The van der Waals surface area contributed by atoms with Crippen LogP contribution >= 0.6 is 0 Å². The van der Waals surface area contributed by atoms with Crippen molar-refractivity contribution in [3.05, 3.63) is 29.8 Å². The molecule has 1 aromatic carbocycles. The van der Waals surface area contributed by atoms with E-state index < -0.39 is 0 Å². The van der Waals surface area contributed by atoms with Gasteiger partial charge in [-0.25, -0.2) is 0 Å². The lowest BCUT2D eigenvalue weighted by atomic mass is 10.2. The van der Waals surface area contributed by atoms with E-state index in [-0.39, 0.29) is 0 Å². The smallest absolute Gasteiger partial charge is 0.0591 e. The van der Waals surface area contributed by atoms with Crippen molar-refractivity contribution < 1.29 is 4.74 Å². The highest BCUT2D eigenvalue weighted by Gasteiger charge is 1.92. The first-order valence-electron chi connectivity index (χ1n) is 4.89. The normalized spacial score (nSPS) is 15.5. The van der Waals surface area contributed by atoms with E-state index in [0.717, 1.165) is 32.0 Å². The lowest BCUT2D eigenvalue weighted by molar-refractivity contribution is 0.109. The van der Waals surface area contributed by atoms with Crippen LogP contribution in [0.15, 0.2) is 24.3 Å². The topological polar surface area (TPSA) is 47.3 Å². The summed E-state index contributed by atoms with van der Waals surface area (Å²) in [5.74, 6) is 0. The van der Waals surface area contributed by atoms with E-state index in [1.807, 2.05) is 31.2 Å². The van der Waals surface area contributed by atoms with Gasteiger partial charge in [0.1, 0.15) is 0 Å². The van der Waals surface area contributed by atoms with Crippen molar-refractivity contribution in [2.45, 2.75) is 6.92 Å². The molecule has 0 amide bonds. The number of anilines is 1. The highest BCUT2D eigenvalue weighted by molar-refractivity contribution is 5.38. The van der Waals surface area contributed by atoms with Gasteiger partial charge in [-0.15, -0.1) is 0 Å². The maximum atomic E-state index is 5.43. The van der Waals surface area contributed by atoms with Crippen LogP contribution in [0.5, 0.6) is 0 Å². The average Bonchev–Trinajstić information content (AvgIpc) is 2.26. The third-order valence-corrected chi connectivity index (χ3v) is 1.92. The van der Waals surface area contributed by atoms with Crippen LogP contribution in [0.25, 0.3) is 0 Å². The minimum absolute atomic E-state index is 0.829. The molecule has 78 valence electrons. The number of aryl methyl sites for hydroxylation is 1. The van der Waals surface area contributed by atoms with Gasteiger partial charge in [-0.1, -0.05) is 17.7 Å². The minimum Gasteiger partial charge on any atom is -0.399 e. The van der Waals surface area contributed by atoms with E-state index in [4.69, 9.17) is 10.5 Å². The van der Waals surface area contributed by atoms with Gasteiger partial charge >= 0.3 is 0 Å². The molecule has 3 heteroatoms. The maximum Gasteiger partial charge on any atom is 0.0591 e. The summed E-state index contributed by atoms with van der Waals surface area (Å²) >= 11 is 0. The van der Waals surface area contributed by atoms with Gasteiger partial charge in [0.25, 0.3) is 0 Å². The average molecular weight is 194 g/mol. The van der Waals surface area contributed by atoms with Crippen LogP contribution in [0.3, 0.4) is 0 Å². The summed E-state index contributed by atoms with van der Waals surface area (Å²) < 4.78 is 5.01. The number of morpholine rings is 1. The number of rotatable bonds is 0. The fourth-order valence-corrected chi connectivity index (χ4v) is 1.08. The number of nitrogen functional groups attached to an aromatic ring is 1. The van der Waals surface area contributed by atoms with E-state index in [0.29, 0.717) is 0 Å². The van der Waals surface area contributed by atoms with Gasteiger partial charge in [0.05, 0.1) is 13.2 Å². The number of ether oxygens (including phenoxy) is 1.